The minimum Gasteiger partial charge on any atom is -0.311 e. The highest BCUT2D eigenvalue weighted by atomic mass is 32.2. The number of nitrogens with zero attached hydrogens (tertiary/aromatic N) is 2. The van der Waals surface area contributed by atoms with E-state index in [-0.39, 0.29) is 17.4 Å². The van der Waals surface area contributed by atoms with Crippen molar-refractivity contribution in [2.24, 2.45) is 5.92 Å². The van der Waals surface area contributed by atoms with Crippen LogP contribution < -0.4 is 5.56 Å². The fraction of sp³-hybridized carbons (Fsp3) is 0.286. The molecule has 2 unspecified atom stereocenters. The van der Waals surface area contributed by atoms with Crippen LogP contribution in [0.3, 0.4) is 0 Å². The first-order chi connectivity index (χ1) is 13.5. The highest BCUT2D eigenvalue weighted by Crippen LogP contribution is 2.38. The second kappa shape index (κ2) is 6.69. The van der Waals surface area contributed by atoms with Crippen LogP contribution in [0.15, 0.2) is 69.7 Å². The number of thiophene rings is 1. The van der Waals surface area contributed by atoms with Crippen molar-refractivity contribution in [2.45, 2.75) is 23.8 Å². The number of pyridine rings is 1. The average Bonchev–Trinajstić information content (AvgIpc) is 3.24. The minimum atomic E-state index is -3.51. The van der Waals surface area contributed by atoms with E-state index < -0.39 is 10.0 Å². The molecule has 5 nitrogen and oxygen atoms in total. The van der Waals surface area contributed by atoms with Gasteiger partial charge in [-0.2, -0.15) is 4.31 Å². The van der Waals surface area contributed by atoms with Crippen LogP contribution >= 0.6 is 11.3 Å². The van der Waals surface area contributed by atoms with Gasteiger partial charge in [0.1, 0.15) is 0 Å². The Kier molecular flexibility index (Phi) is 4.26. The molecular weight excluding hydrogens is 392 g/mol. The maximum Gasteiger partial charge on any atom is 0.259 e. The number of hydrogen-bond donors (Lipinski definition) is 0. The van der Waals surface area contributed by atoms with Crippen LogP contribution in [0, 0.1) is 5.92 Å². The van der Waals surface area contributed by atoms with Crippen molar-refractivity contribution in [3.8, 4) is 10.4 Å². The average molecular weight is 413 g/mol. The molecule has 5 rings (SSSR count). The quantitative estimate of drug-likeness (QED) is 0.663. The first kappa shape index (κ1) is 17.8. The van der Waals surface area contributed by atoms with Crippen LogP contribution in [-0.4, -0.2) is 30.4 Å². The maximum atomic E-state index is 13.1. The fourth-order valence-corrected chi connectivity index (χ4v) is 6.78. The molecule has 2 atom stereocenters. The van der Waals surface area contributed by atoms with Crippen molar-refractivity contribution < 1.29 is 8.42 Å². The summed E-state index contributed by atoms with van der Waals surface area (Å²) < 4.78 is 29.6. The number of rotatable bonds is 3. The van der Waals surface area contributed by atoms with E-state index in [1.165, 1.54) is 0 Å². The van der Waals surface area contributed by atoms with E-state index >= 15 is 0 Å². The monoisotopic (exact) mass is 412 g/mol. The number of benzene rings is 1. The van der Waals surface area contributed by atoms with E-state index in [1.807, 2.05) is 40.3 Å². The van der Waals surface area contributed by atoms with Gasteiger partial charge in [0.05, 0.1) is 10.5 Å². The Bertz CT molecular complexity index is 1170. The lowest BCUT2D eigenvalue weighted by atomic mass is 9.84. The normalized spacial score (nSPS) is 22.0. The largest absolute Gasteiger partial charge is 0.311 e. The summed E-state index contributed by atoms with van der Waals surface area (Å²) in [5, 5.41) is 1.97. The Morgan fingerprint density at radius 2 is 1.75 bits per heavy atom. The van der Waals surface area contributed by atoms with Gasteiger partial charge < -0.3 is 4.57 Å². The Balaban J connectivity index is 1.51. The van der Waals surface area contributed by atoms with E-state index in [0.717, 1.165) is 22.6 Å². The van der Waals surface area contributed by atoms with Gasteiger partial charge in [-0.25, -0.2) is 8.42 Å². The van der Waals surface area contributed by atoms with Crippen LogP contribution in [0.2, 0.25) is 0 Å². The number of piperidine rings is 1. The minimum absolute atomic E-state index is 0.0361. The van der Waals surface area contributed by atoms with Gasteiger partial charge in [-0.3, -0.25) is 4.79 Å². The Labute approximate surface area is 167 Å². The Hall–Kier alpha value is -2.22. The predicted molar refractivity (Wildman–Crippen MR) is 110 cm³/mol. The van der Waals surface area contributed by atoms with Gasteiger partial charge in [-0.05, 0) is 48.1 Å². The van der Waals surface area contributed by atoms with Crippen LogP contribution in [0.4, 0.5) is 0 Å². The first-order valence-corrected chi connectivity index (χ1v) is 11.7. The molecule has 144 valence electrons. The smallest absolute Gasteiger partial charge is 0.259 e. The highest BCUT2D eigenvalue weighted by Gasteiger charge is 2.39. The molecule has 0 saturated carbocycles. The van der Waals surface area contributed by atoms with E-state index in [4.69, 9.17) is 0 Å². The summed E-state index contributed by atoms with van der Waals surface area (Å²) in [7, 11) is -3.51. The van der Waals surface area contributed by atoms with Crippen LogP contribution in [0.1, 0.15) is 18.0 Å². The lowest BCUT2D eigenvalue weighted by molar-refractivity contribution is 0.186. The molecule has 2 aromatic heterocycles. The van der Waals surface area contributed by atoms with Gasteiger partial charge >= 0.3 is 0 Å². The van der Waals surface area contributed by atoms with E-state index in [1.54, 1.807) is 39.9 Å². The van der Waals surface area contributed by atoms with Crippen LogP contribution in [-0.2, 0) is 16.6 Å². The number of fused-ring (bicyclic) bond motifs is 4. The zero-order chi connectivity index (χ0) is 19.3. The standard InChI is InChI=1S/C21H20N2O3S2/c24-21-18(20-7-4-10-27-20)8-9-19-16-11-15(13-23(19)21)12-22(14-16)28(25,26)17-5-2-1-3-6-17/h1-10,15-16H,11-14H2. The molecular formula is C21H20N2O3S2. The molecule has 2 aliphatic heterocycles. The predicted octanol–water partition coefficient (Wildman–Crippen LogP) is 3.38. The molecule has 0 spiro atoms. The molecule has 2 aliphatic rings. The lowest BCUT2D eigenvalue weighted by Gasteiger charge is -2.42. The topological polar surface area (TPSA) is 59.4 Å². The van der Waals surface area contributed by atoms with Crippen LogP contribution in [0.25, 0.3) is 10.4 Å². The SMILES string of the molecule is O=c1c(-c2cccs2)ccc2n1CC1CC2CN(S(=O)(=O)c2ccccc2)C1. The third kappa shape index (κ3) is 2.85. The van der Waals surface area contributed by atoms with Crippen molar-refractivity contribution in [3.63, 3.8) is 0 Å². The lowest BCUT2D eigenvalue weighted by Crippen LogP contribution is -2.49. The van der Waals surface area contributed by atoms with E-state index in [9.17, 15) is 13.2 Å². The van der Waals surface area contributed by atoms with Gasteiger partial charge in [0.2, 0.25) is 10.0 Å². The van der Waals surface area contributed by atoms with Crippen molar-refractivity contribution in [1.29, 1.82) is 0 Å². The molecule has 28 heavy (non-hydrogen) atoms. The van der Waals surface area contributed by atoms with Crippen molar-refractivity contribution in [3.05, 3.63) is 76.0 Å². The zero-order valence-electron chi connectivity index (χ0n) is 15.2. The van der Waals surface area contributed by atoms with Crippen molar-refractivity contribution in [2.75, 3.05) is 13.1 Å². The molecule has 1 aromatic carbocycles. The summed E-state index contributed by atoms with van der Waals surface area (Å²) in [6.45, 7) is 1.46. The second-order valence-corrected chi connectivity index (χ2v) is 10.4. The summed E-state index contributed by atoms with van der Waals surface area (Å²) in [6.07, 6.45) is 0.929. The third-order valence-corrected chi connectivity index (χ3v) is 8.49. The summed E-state index contributed by atoms with van der Waals surface area (Å²) in [6, 6.07) is 16.4. The zero-order valence-corrected chi connectivity index (χ0v) is 16.8. The summed E-state index contributed by atoms with van der Waals surface area (Å²) in [5.74, 6) is 0.206. The van der Waals surface area contributed by atoms with Crippen molar-refractivity contribution >= 4 is 21.4 Å². The molecule has 1 fully saturated rings. The van der Waals surface area contributed by atoms with Gasteiger partial charge in [-0.15, -0.1) is 11.3 Å². The highest BCUT2D eigenvalue weighted by molar-refractivity contribution is 7.89. The van der Waals surface area contributed by atoms with Crippen molar-refractivity contribution in [1.82, 2.24) is 8.87 Å². The number of aromatic nitrogens is 1. The van der Waals surface area contributed by atoms with E-state index in [2.05, 4.69) is 0 Å². The van der Waals surface area contributed by atoms with E-state index in [0.29, 0.717) is 24.5 Å². The van der Waals surface area contributed by atoms with Crippen LogP contribution in [0.5, 0.6) is 0 Å². The second-order valence-electron chi connectivity index (χ2n) is 7.50. The van der Waals surface area contributed by atoms with Gasteiger partial charge in [0.15, 0.2) is 0 Å². The Morgan fingerprint density at radius 1 is 0.929 bits per heavy atom. The molecule has 2 bridgehead atoms. The fourth-order valence-electron chi connectivity index (χ4n) is 4.46. The molecule has 7 heteroatoms. The summed E-state index contributed by atoms with van der Waals surface area (Å²) in [4.78, 5) is 14.4. The molecule has 3 aromatic rings. The van der Waals surface area contributed by atoms with Gasteiger partial charge in [-0.1, -0.05) is 24.3 Å². The number of hydrogen-bond acceptors (Lipinski definition) is 4. The molecule has 1 saturated heterocycles. The summed E-state index contributed by atoms with van der Waals surface area (Å²) >= 11 is 1.56. The molecule has 0 N–H and O–H groups in total. The van der Waals surface area contributed by atoms with Gasteiger partial charge in [0.25, 0.3) is 5.56 Å². The first-order valence-electron chi connectivity index (χ1n) is 9.37. The third-order valence-electron chi connectivity index (χ3n) is 5.74. The van der Waals surface area contributed by atoms with Gasteiger partial charge in [0, 0.05) is 36.1 Å². The summed E-state index contributed by atoms with van der Waals surface area (Å²) in [5.41, 5.74) is 1.72. The molecule has 0 amide bonds. The molecule has 0 aliphatic carbocycles. The molecule has 4 heterocycles. The Morgan fingerprint density at radius 3 is 2.50 bits per heavy atom. The molecule has 0 radical (unpaired) electrons. The maximum absolute atomic E-state index is 13.1. The number of sulfonamides is 1.